The van der Waals surface area contributed by atoms with Crippen LogP contribution >= 0.6 is 0 Å². The summed E-state index contributed by atoms with van der Waals surface area (Å²) in [4.78, 5) is 29.3. The molecule has 0 aliphatic carbocycles. The van der Waals surface area contributed by atoms with Crippen molar-refractivity contribution in [3.8, 4) is 11.1 Å². The molecule has 0 aliphatic heterocycles. The SMILES string of the molecule is CCOC(=O)c1c(C)nc(C)c(C(=O)OCC)c1-c1ccccc1.[O-][Cl+3]([O-])([O-])O. The van der Waals surface area contributed by atoms with E-state index in [1.807, 2.05) is 30.3 Å². The fourth-order valence-electron chi connectivity index (χ4n) is 2.65. The monoisotopic (exact) mass is 427 g/mol. The summed E-state index contributed by atoms with van der Waals surface area (Å²) in [7, 11) is -4.69. The van der Waals surface area contributed by atoms with Crippen LogP contribution in [0.4, 0.5) is 0 Å². The van der Waals surface area contributed by atoms with E-state index in [4.69, 9.17) is 28.1 Å². The molecule has 0 saturated carbocycles. The molecule has 0 aliphatic rings. The first-order valence-corrected chi connectivity index (χ1v) is 9.81. The number of hydrogen-bond acceptors (Lipinski definition) is 9. The van der Waals surface area contributed by atoms with Gasteiger partial charge in [0.25, 0.3) is 0 Å². The Hall–Kier alpha value is -2.56. The molecule has 2 aromatic rings. The molecule has 0 spiro atoms. The number of aryl methyl sites for hydroxylation is 2. The maximum atomic E-state index is 12.5. The van der Waals surface area contributed by atoms with Crippen molar-refractivity contribution in [3.63, 3.8) is 0 Å². The standard InChI is InChI=1S/C19H21NO4.ClHO4/c1-5-23-18(21)15-12(3)20-13(4)16(19(22)24-6-2)17(15)14-10-8-7-9-11-14;2-1(3,4)5/h7-11H,5-6H2,1-4H3;(H,2,3,4,5). The molecule has 0 bridgehead atoms. The Morgan fingerprint density at radius 1 is 0.931 bits per heavy atom. The summed E-state index contributed by atoms with van der Waals surface area (Å²) in [5.74, 6) is -0.987. The van der Waals surface area contributed by atoms with Gasteiger partial charge in [0.1, 0.15) is 0 Å². The van der Waals surface area contributed by atoms with Gasteiger partial charge < -0.3 is 9.47 Å². The van der Waals surface area contributed by atoms with Crippen LogP contribution in [-0.4, -0.2) is 34.8 Å². The van der Waals surface area contributed by atoms with Gasteiger partial charge in [-0.2, -0.15) is 14.0 Å². The Kier molecular flexibility index (Phi) is 9.15. The van der Waals surface area contributed by atoms with Gasteiger partial charge in [-0.25, -0.2) is 9.59 Å². The van der Waals surface area contributed by atoms with Gasteiger partial charge in [0.2, 0.25) is 0 Å². The number of carbonyl (C=O) groups excluding carboxylic acids is 2. The minimum absolute atomic E-state index is 0.245. The number of nitrogens with zero attached hydrogens (tertiary/aromatic N) is 1. The topological polar surface area (TPSA) is 155 Å². The molecule has 1 aromatic carbocycles. The lowest BCUT2D eigenvalue weighted by Gasteiger charge is -2.17. The van der Waals surface area contributed by atoms with E-state index in [-0.39, 0.29) is 13.2 Å². The minimum Gasteiger partial charge on any atom is -0.462 e. The fraction of sp³-hybridized carbons (Fsp3) is 0.316. The molecule has 0 radical (unpaired) electrons. The zero-order valence-electron chi connectivity index (χ0n) is 16.4. The molecule has 0 atom stereocenters. The van der Waals surface area contributed by atoms with Crippen LogP contribution in [0.1, 0.15) is 46.0 Å². The van der Waals surface area contributed by atoms with Crippen molar-refractivity contribution >= 4 is 11.9 Å². The third-order valence-electron chi connectivity index (χ3n) is 3.58. The molecule has 0 amide bonds. The smallest absolute Gasteiger partial charge is 0.340 e. The number of hydrogen-bond donors (Lipinski definition) is 1. The molecule has 1 N–H and O–H groups in total. The highest BCUT2D eigenvalue weighted by Crippen LogP contribution is 2.32. The van der Waals surface area contributed by atoms with E-state index in [0.717, 1.165) is 5.56 Å². The lowest BCUT2D eigenvalue weighted by molar-refractivity contribution is -1.92. The molecular weight excluding hydrogens is 406 g/mol. The van der Waals surface area contributed by atoms with Gasteiger partial charge in [0, 0.05) is 5.56 Å². The number of ether oxygens (including phenoxy) is 2. The second kappa shape index (κ2) is 10.8. The van der Waals surface area contributed by atoms with Gasteiger partial charge in [-0.15, -0.1) is 0 Å². The Balaban J connectivity index is 0.000000749. The largest absolute Gasteiger partial charge is 0.462 e. The van der Waals surface area contributed by atoms with E-state index in [9.17, 15) is 9.59 Å². The van der Waals surface area contributed by atoms with Gasteiger partial charge in [-0.05, 0) is 33.3 Å². The van der Waals surface area contributed by atoms with Gasteiger partial charge in [0.05, 0.1) is 50.6 Å². The molecule has 0 saturated heterocycles. The third-order valence-corrected chi connectivity index (χ3v) is 3.58. The van der Waals surface area contributed by atoms with E-state index < -0.39 is 22.2 Å². The van der Waals surface area contributed by atoms with E-state index in [0.29, 0.717) is 28.1 Å². The van der Waals surface area contributed by atoms with Gasteiger partial charge in [0.15, 0.2) is 0 Å². The predicted molar refractivity (Wildman–Crippen MR) is 93.3 cm³/mol. The second-order valence-corrected chi connectivity index (χ2v) is 6.40. The van der Waals surface area contributed by atoms with E-state index >= 15 is 0 Å². The number of rotatable bonds is 5. The summed E-state index contributed by atoms with van der Waals surface area (Å²) < 4.78 is 43.1. The summed E-state index contributed by atoms with van der Waals surface area (Å²) in [6.45, 7) is 7.44. The third kappa shape index (κ3) is 7.41. The van der Waals surface area contributed by atoms with Gasteiger partial charge >= 0.3 is 11.9 Å². The summed E-state index contributed by atoms with van der Waals surface area (Å²) in [5.41, 5.74) is 2.92. The summed E-state index contributed by atoms with van der Waals surface area (Å²) in [5, 5.41) is 0. The van der Waals surface area contributed by atoms with Crippen molar-refractivity contribution < 1.29 is 47.9 Å². The number of carbonyl (C=O) groups is 2. The predicted octanol–water partition coefficient (Wildman–Crippen LogP) is -0.405. The zero-order chi connectivity index (χ0) is 22.2. The Labute approximate surface area is 170 Å². The number of pyridine rings is 1. The minimum atomic E-state index is -4.69. The average Bonchev–Trinajstić information content (AvgIpc) is 2.60. The summed E-state index contributed by atoms with van der Waals surface area (Å²) in [6.07, 6.45) is 0. The molecule has 158 valence electrons. The molecular formula is C19H22ClNO8. The highest BCUT2D eigenvalue weighted by Gasteiger charge is 2.27. The molecule has 2 rings (SSSR count). The molecule has 9 nitrogen and oxygen atoms in total. The number of esters is 2. The lowest BCUT2D eigenvalue weighted by atomic mass is 9.92. The molecule has 29 heavy (non-hydrogen) atoms. The average molecular weight is 428 g/mol. The lowest BCUT2D eigenvalue weighted by Crippen LogP contribution is -2.58. The van der Waals surface area contributed by atoms with Crippen LogP contribution in [0.3, 0.4) is 0 Å². The molecule has 0 unspecified atom stereocenters. The highest BCUT2D eigenvalue weighted by molar-refractivity contribution is 6.07. The number of benzene rings is 1. The summed E-state index contributed by atoms with van der Waals surface area (Å²) in [6, 6.07) is 9.27. The maximum absolute atomic E-state index is 12.5. The molecule has 0 fully saturated rings. The van der Waals surface area contributed by atoms with E-state index in [1.54, 1.807) is 27.7 Å². The van der Waals surface area contributed by atoms with Crippen LogP contribution in [0.25, 0.3) is 11.1 Å². The quantitative estimate of drug-likeness (QED) is 0.627. The maximum Gasteiger partial charge on any atom is 0.340 e. The number of halogens is 1. The molecule has 1 heterocycles. The van der Waals surface area contributed by atoms with Crippen LogP contribution in [-0.2, 0) is 9.47 Å². The van der Waals surface area contributed by atoms with Crippen molar-refractivity contribution in [2.45, 2.75) is 27.7 Å². The Morgan fingerprint density at radius 3 is 1.66 bits per heavy atom. The molecule has 1 aromatic heterocycles. The van der Waals surface area contributed by atoms with Gasteiger partial charge in [-0.3, -0.25) is 4.98 Å². The number of aromatic nitrogens is 1. The second-order valence-electron chi connectivity index (χ2n) is 5.61. The Bertz CT molecular complexity index is 801. The Morgan fingerprint density at radius 2 is 1.31 bits per heavy atom. The first-order valence-electron chi connectivity index (χ1n) is 8.55. The summed E-state index contributed by atoms with van der Waals surface area (Å²) >= 11 is 0. The van der Waals surface area contributed by atoms with Crippen LogP contribution in [0.5, 0.6) is 0 Å². The van der Waals surface area contributed by atoms with Crippen LogP contribution < -0.4 is 14.0 Å². The van der Waals surface area contributed by atoms with Crippen LogP contribution in [0, 0.1) is 24.1 Å². The van der Waals surface area contributed by atoms with Crippen LogP contribution in [0.2, 0.25) is 0 Å². The van der Waals surface area contributed by atoms with Crippen molar-refractivity contribution in [1.82, 2.24) is 4.98 Å². The van der Waals surface area contributed by atoms with Gasteiger partial charge in [-0.1, -0.05) is 30.3 Å². The highest BCUT2D eigenvalue weighted by atomic mass is 35.7. The van der Waals surface area contributed by atoms with E-state index in [2.05, 4.69) is 4.98 Å². The van der Waals surface area contributed by atoms with Crippen molar-refractivity contribution in [2.75, 3.05) is 13.2 Å². The fourth-order valence-corrected chi connectivity index (χ4v) is 2.65. The van der Waals surface area contributed by atoms with Crippen LogP contribution in [0.15, 0.2) is 30.3 Å². The first kappa shape index (κ1) is 24.5. The van der Waals surface area contributed by atoms with Crippen molar-refractivity contribution in [3.05, 3.63) is 52.8 Å². The first-order chi connectivity index (χ1) is 13.5. The van der Waals surface area contributed by atoms with E-state index in [1.165, 1.54) is 0 Å². The normalized spacial score (nSPS) is 10.6. The van der Waals surface area contributed by atoms with Crippen molar-refractivity contribution in [2.24, 2.45) is 0 Å². The van der Waals surface area contributed by atoms with Crippen molar-refractivity contribution in [1.29, 1.82) is 0 Å². The zero-order valence-corrected chi connectivity index (χ0v) is 17.2. The molecule has 10 heteroatoms.